The minimum atomic E-state index is -4.42. The van der Waals surface area contributed by atoms with Gasteiger partial charge in [-0.3, -0.25) is 0 Å². The van der Waals surface area contributed by atoms with Crippen LogP contribution in [0.5, 0.6) is 11.5 Å². The molecule has 10 heteroatoms. The van der Waals surface area contributed by atoms with Crippen LogP contribution in [0.25, 0.3) is 0 Å². The van der Waals surface area contributed by atoms with Crippen molar-refractivity contribution in [2.75, 3.05) is 13.1 Å². The first-order chi connectivity index (χ1) is 26.9. The fourth-order valence-electron chi connectivity index (χ4n) is 8.07. The molecule has 0 aromatic heterocycles. The summed E-state index contributed by atoms with van der Waals surface area (Å²) >= 11 is 0. The van der Waals surface area contributed by atoms with E-state index >= 15 is 16.8 Å². The van der Waals surface area contributed by atoms with E-state index < -0.39 is 20.0 Å². The lowest BCUT2D eigenvalue weighted by atomic mass is 9.82. The van der Waals surface area contributed by atoms with E-state index in [1.165, 1.54) is 20.7 Å². The van der Waals surface area contributed by atoms with E-state index in [2.05, 4.69) is 27.7 Å². The van der Waals surface area contributed by atoms with Crippen molar-refractivity contribution in [3.8, 4) is 11.5 Å². The second kappa shape index (κ2) is 20.1. The Bertz CT molecular complexity index is 1930. The molecule has 0 heterocycles. The Hall–Kier alpha value is -2.92. The van der Waals surface area contributed by atoms with Crippen molar-refractivity contribution in [2.45, 2.75) is 182 Å². The van der Waals surface area contributed by atoms with Crippen LogP contribution in [0.15, 0.2) is 46.2 Å². The largest absolute Gasteiger partial charge is 0.507 e. The SMILES string of the molecule is CCCCC(CC)CN(Cc1c(C)cc(C(C)(C)C)c(O)c1C)S(=O)(=O)c1ccccc1S(=O)(=O)N(Cc1c(C)cc(C(C)(C)C)c(O)c1C)CC(CC)CCCC. The Morgan fingerprint density at radius 1 is 0.586 bits per heavy atom. The van der Waals surface area contributed by atoms with Gasteiger partial charge in [0.05, 0.1) is 0 Å². The number of hydrogen-bond acceptors (Lipinski definition) is 6. The van der Waals surface area contributed by atoms with Gasteiger partial charge in [0.2, 0.25) is 20.0 Å². The summed E-state index contributed by atoms with van der Waals surface area (Å²) in [7, 11) is -8.84. The Labute approximate surface area is 353 Å². The van der Waals surface area contributed by atoms with Crippen LogP contribution in [0.2, 0.25) is 0 Å². The zero-order chi connectivity index (χ0) is 44.0. The van der Waals surface area contributed by atoms with Gasteiger partial charge < -0.3 is 10.2 Å². The molecule has 0 aliphatic carbocycles. The van der Waals surface area contributed by atoms with Crippen LogP contribution in [0.4, 0.5) is 0 Å². The third-order valence-corrected chi connectivity index (χ3v) is 16.0. The van der Waals surface area contributed by atoms with Crippen molar-refractivity contribution in [1.82, 2.24) is 8.61 Å². The number of hydrogen-bond donors (Lipinski definition) is 2. The summed E-state index contributed by atoms with van der Waals surface area (Å²) in [6, 6.07) is 9.94. The molecule has 0 spiro atoms. The molecule has 0 bridgehead atoms. The summed E-state index contributed by atoms with van der Waals surface area (Å²) in [6.45, 7) is 28.6. The normalized spacial score (nSPS) is 14.1. The van der Waals surface area contributed by atoms with Gasteiger partial charge in [-0.2, -0.15) is 8.61 Å². The fraction of sp³-hybridized carbons (Fsp3) is 0.625. The predicted molar refractivity (Wildman–Crippen MR) is 241 cm³/mol. The lowest BCUT2D eigenvalue weighted by Crippen LogP contribution is -2.39. The fourth-order valence-corrected chi connectivity index (χ4v) is 11.8. The number of unbranched alkanes of at least 4 members (excludes halogenated alkanes) is 2. The highest BCUT2D eigenvalue weighted by molar-refractivity contribution is 7.92. The lowest BCUT2D eigenvalue weighted by molar-refractivity contribution is 0.308. The van der Waals surface area contributed by atoms with Crippen LogP contribution in [0.3, 0.4) is 0 Å². The van der Waals surface area contributed by atoms with Gasteiger partial charge in [-0.15, -0.1) is 0 Å². The van der Waals surface area contributed by atoms with E-state index in [4.69, 9.17) is 0 Å². The Kier molecular flexibility index (Phi) is 17.1. The summed E-state index contributed by atoms with van der Waals surface area (Å²) < 4.78 is 64.1. The minimum absolute atomic E-state index is 0.00851. The second-order valence-corrected chi connectivity index (χ2v) is 22.6. The molecular weight excluding hydrogens is 765 g/mol. The zero-order valence-corrected chi connectivity index (χ0v) is 40.0. The Morgan fingerprint density at radius 2 is 0.914 bits per heavy atom. The van der Waals surface area contributed by atoms with E-state index in [9.17, 15) is 10.2 Å². The molecule has 3 rings (SSSR count). The number of nitrogens with zero attached hydrogens (tertiary/aromatic N) is 2. The van der Waals surface area contributed by atoms with Crippen molar-refractivity contribution in [2.24, 2.45) is 11.8 Å². The first-order valence-electron chi connectivity index (χ1n) is 21.6. The molecular formula is C48H76N2O6S2. The zero-order valence-electron chi connectivity index (χ0n) is 38.3. The molecule has 326 valence electrons. The van der Waals surface area contributed by atoms with E-state index in [1.807, 2.05) is 81.4 Å². The van der Waals surface area contributed by atoms with Crippen molar-refractivity contribution in [1.29, 1.82) is 0 Å². The van der Waals surface area contributed by atoms with E-state index in [0.29, 0.717) is 22.3 Å². The highest BCUT2D eigenvalue weighted by atomic mass is 32.2. The molecule has 0 aliphatic rings. The average molecular weight is 841 g/mol. The minimum Gasteiger partial charge on any atom is -0.507 e. The van der Waals surface area contributed by atoms with E-state index in [1.54, 1.807) is 12.1 Å². The highest BCUT2D eigenvalue weighted by Gasteiger charge is 2.37. The maximum Gasteiger partial charge on any atom is 0.244 e. The maximum atomic E-state index is 15.3. The van der Waals surface area contributed by atoms with Crippen LogP contribution in [0, 0.1) is 39.5 Å². The van der Waals surface area contributed by atoms with Gasteiger partial charge in [-0.05, 0) is 120 Å². The third-order valence-electron chi connectivity index (χ3n) is 12.2. The quantitative estimate of drug-likeness (QED) is 0.117. The van der Waals surface area contributed by atoms with Crippen molar-refractivity contribution < 1.29 is 27.0 Å². The van der Waals surface area contributed by atoms with Gasteiger partial charge in [0.1, 0.15) is 21.3 Å². The molecule has 0 fully saturated rings. The van der Waals surface area contributed by atoms with Gasteiger partial charge in [-0.25, -0.2) is 16.8 Å². The highest BCUT2D eigenvalue weighted by Crippen LogP contribution is 2.40. The van der Waals surface area contributed by atoms with Crippen molar-refractivity contribution >= 4 is 20.0 Å². The molecule has 2 atom stereocenters. The number of aromatic hydroxyl groups is 2. The summed E-state index contributed by atoms with van der Waals surface area (Å²) in [4.78, 5) is -0.505. The molecule has 0 aliphatic heterocycles. The third kappa shape index (κ3) is 11.5. The maximum absolute atomic E-state index is 15.3. The predicted octanol–water partition coefficient (Wildman–Crippen LogP) is 11.7. The number of aryl methyl sites for hydroxylation is 2. The van der Waals surface area contributed by atoms with E-state index in [-0.39, 0.29) is 70.1 Å². The topological polar surface area (TPSA) is 115 Å². The van der Waals surface area contributed by atoms with Gasteiger partial charge in [0.15, 0.2) is 0 Å². The lowest BCUT2D eigenvalue weighted by Gasteiger charge is -2.32. The molecule has 2 unspecified atom stereocenters. The van der Waals surface area contributed by atoms with Crippen LogP contribution < -0.4 is 0 Å². The first-order valence-corrected chi connectivity index (χ1v) is 24.5. The molecule has 3 aromatic carbocycles. The average Bonchev–Trinajstić information content (AvgIpc) is 3.15. The first kappa shape index (κ1) is 49.4. The van der Waals surface area contributed by atoms with Crippen LogP contribution in [-0.2, 0) is 44.0 Å². The van der Waals surface area contributed by atoms with E-state index in [0.717, 1.165) is 73.6 Å². The molecule has 0 saturated heterocycles. The number of phenols is 2. The summed E-state index contributed by atoms with van der Waals surface area (Å²) in [5, 5.41) is 22.9. The number of benzene rings is 3. The van der Waals surface area contributed by atoms with Gasteiger partial charge in [0.25, 0.3) is 0 Å². The summed E-state index contributed by atoms with van der Waals surface area (Å²) in [6.07, 6.45) is 7.08. The van der Waals surface area contributed by atoms with Gasteiger partial charge in [0, 0.05) is 26.2 Å². The molecule has 0 radical (unpaired) electrons. The number of phenolic OH excluding ortho intramolecular Hbond substituents is 2. The molecule has 0 saturated carbocycles. The Morgan fingerprint density at radius 3 is 1.19 bits per heavy atom. The summed E-state index contributed by atoms with van der Waals surface area (Å²) in [5.41, 5.74) is 5.37. The molecule has 2 N–H and O–H groups in total. The molecule has 8 nitrogen and oxygen atoms in total. The molecule has 0 amide bonds. The van der Waals surface area contributed by atoms with Crippen LogP contribution in [0.1, 0.15) is 165 Å². The number of sulfonamides is 2. The second-order valence-electron chi connectivity index (χ2n) is 18.8. The van der Waals surface area contributed by atoms with Crippen molar-refractivity contribution in [3.63, 3.8) is 0 Å². The van der Waals surface area contributed by atoms with Gasteiger partial charge in [-0.1, -0.05) is 132 Å². The Balaban J connectivity index is 2.30. The smallest absolute Gasteiger partial charge is 0.244 e. The standard InChI is InChI=1S/C48H76N2O6S2/c1-15-19-23-37(17-3)29-49(31-39-33(5)27-41(47(9,10)11)45(51)35(39)7)57(53,54)43-25-21-22-26-44(43)58(55,56)50(30-38(18-4)24-20-16-2)32-40-34(6)28-42(48(12,13)14)46(52)36(40)8/h21-22,25-28,37-38,51-52H,15-20,23-24,29-32H2,1-14H3. The van der Waals surface area contributed by atoms with Crippen LogP contribution >= 0.6 is 0 Å². The molecule has 3 aromatic rings. The number of rotatable bonds is 20. The summed E-state index contributed by atoms with van der Waals surface area (Å²) in [5.74, 6) is 0.416. The van der Waals surface area contributed by atoms with Gasteiger partial charge >= 0.3 is 0 Å². The van der Waals surface area contributed by atoms with Crippen molar-refractivity contribution in [3.05, 3.63) is 80.9 Å². The van der Waals surface area contributed by atoms with Crippen LogP contribution in [-0.4, -0.2) is 48.7 Å². The monoisotopic (exact) mass is 841 g/mol. The molecule has 58 heavy (non-hydrogen) atoms.